The predicted molar refractivity (Wildman–Crippen MR) is 136 cm³/mol. The number of fused-ring (bicyclic) bond motifs is 2. The Morgan fingerprint density at radius 2 is 1.83 bits per heavy atom. The Morgan fingerprint density at radius 1 is 1.00 bits per heavy atom. The Bertz CT molecular complexity index is 1440. The van der Waals surface area contributed by atoms with Crippen LogP contribution in [0.4, 0.5) is 28.6 Å². The highest BCUT2D eigenvalue weighted by Crippen LogP contribution is 2.36. The second-order valence-corrected chi connectivity index (χ2v) is 7.99. The molecule has 4 N–H and O–H groups in total. The quantitative estimate of drug-likeness (QED) is 0.297. The van der Waals surface area contributed by atoms with Crippen molar-refractivity contribution in [3.8, 4) is 0 Å². The van der Waals surface area contributed by atoms with Gasteiger partial charge >= 0.3 is 5.97 Å². The lowest BCUT2D eigenvalue weighted by molar-refractivity contribution is -0.131. The summed E-state index contributed by atoms with van der Waals surface area (Å²) < 4.78 is 0. The molecule has 1 aromatic heterocycles. The second kappa shape index (κ2) is 9.52. The van der Waals surface area contributed by atoms with Crippen LogP contribution < -0.4 is 20.9 Å². The minimum absolute atomic E-state index is 0.502. The Morgan fingerprint density at radius 3 is 2.66 bits per heavy atom. The zero-order chi connectivity index (χ0) is 24.2. The van der Waals surface area contributed by atoms with E-state index >= 15 is 0 Å². The van der Waals surface area contributed by atoms with Gasteiger partial charge in [-0.1, -0.05) is 30.3 Å². The van der Waals surface area contributed by atoms with Gasteiger partial charge in [-0.25, -0.2) is 14.8 Å². The van der Waals surface area contributed by atoms with Crippen molar-refractivity contribution < 1.29 is 14.7 Å². The van der Waals surface area contributed by atoms with Crippen LogP contribution in [0, 0.1) is 0 Å². The lowest BCUT2D eigenvalue weighted by Gasteiger charge is -2.19. The number of hydrogen-bond donors (Lipinski definition) is 4. The fraction of sp³-hybridized carbons (Fsp3) is 0.0769. The number of amides is 1. The molecule has 5 rings (SSSR count). The number of carbonyl (C=O) groups is 2. The van der Waals surface area contributed by atoms with Crippen LogP contribution in [0.15, 0.2) is 85.2 Å². The average molecular weight is 467 g/mol. The van der Waals surface area contributed by atoms with E-state index in [1.165, 1.54) is 11.9 Å². The Hall–Kier alpha value is -4.92. The predicted octanol–water partition coefficient (Wildman–Crippen LogP) is 4.34. The first kappa shape index (κ1) is 21.9. The molecule has 0 spiro atoms. The summed E-state index contributed by atoms with van der Waals surface area (Å²) in [5.41, 5.74) is 5.46. The molecular weight excluding hydrogens is 444 g/mol. The van der Waals surface area contributed by atoms with E-state index in [2.05, 4.69) is 49.0 Å². The smallest absolute Gasteiger partial charge is 0.328 e. The first-order chi connectivity index (χ1) is 17.0. The number of aromatic nitrogens is 2. The van der Waals surface area contributed by atoms with E-state index < -0.39 is 11.9 Å². The highest BCUT2D eigenvalue weighted by molar-refractivity contribution is 6.04. The molecule has 1 amide bonds. The van der Waals surface area contributed by atoms with Crippen LogP contribution in [-0.2, 0) is 16.1 Å². The summed E-state index contributed by atoms with van der Waals surface area (Å²) in [5, 5.41) is 18.9. The van der Waals surface area contributed by atoms with Gasteiger partial charge in [0.05, 0.1) is 23.6 Å². The lowest BCUT2D eigenvalue weighted by atomic mass is 10.2. The SMILES string of the molecule is O=C(O)C=CC(=O)Nc1ccc2ncnc(Nc3ccc4c(c3)N(Cc3ccccc3)CN4)c2c1. The van der Waals surface area contributed by atoms with Crippen LogP contribution in [0.1, 0.15) is 5.56 Å². The topological polar surface area (TPSA) is 119 Å². The van der Waals surface area contributed by atoms with Crippen molar-refractivity contribution in [2.75, 3.05) is 27.5 Å². The van der Waals surface area contributed by atoms with E-state index in [0.29, 0.717) is 22.4 Å². The first-order valence-corrected chi connectivity index (χ1v) is 11.0. The van der Waals surface area contributed by atoms with Gasteiger partial charge in [0, 0.05) is 35.5 Å². The van der Waals surface area contributed by atoms with Gasteiger partial charge in [0.1, 0.15) is 12.1 Å². The maximum absolute atomic E-state index is 12.0. The Labute approximate surface area is 201 Å². The molecule has 1 aliphatic rings. The molecule has 174 valence electrons. The molecule has 0 aliphatic carbocycles. The van der Waals surface area contributed by atoms with Gasteiger partial charge in [-0.3, -0.25) is 4.79 Å². The van der Waals surface area contributed by atoms with Crippen LogP contribution in [-0.4, -0.2) is 33.6 Å². The van der Waals surface area contributed by atoms with Gasteiger partial charge in [-0.05, 0) is 42.0 Å². The number of hydrogen-bond acceptors (Lipinski definition) is 7. The molecule has 0 saturated heterocycles. The largest absolute Gasteiger partial charge is 0.478 e. The van der Waals surface area contributed by atoms with Gasteiger partial charge < -0.3 is 26.0 Å². The molecular formula is C26H22N6O3. The molecule has 4 aromatic rings. The van der Waals surface area contributed by atoms with Gasteiger partial charge in [-0.15, -0.1) is 0 Å². The molecule has 0 fully saturated rings. The fourth-order valence-corrected chi connectivity index (χ4v) is 3.93. The molecule has 9 nitrogen and oxygen atoms in total. The summed E-state index contributed by atoms with van der Waals surface area (Å²) in [6, 6.07) is 21.6. The second-order valence-electron chi connectivity index (χ2n) is 7.99. The molecule has 35 heavy (non-hydrogen) atoms. The van der Waals surface area contributed by atoms with Gasteiger partial charge in [-0.2, -0.15) is 0 Å². The number of benzene rings is 3. The Kier molecular flexibility index (Phi) is 5.96. The fourth-order valence-electron chi connectivity index (χ4n) is 3.93. The highest BCUT2D eigenvalue weighted by atomic mass is 16.4. The van der Waals surface area contributed by atoms with Crippen LogP contribution in [0.3, 0.4) is 0 Å². The summed E-state index contributed by atoms with van der Waals surface area (Å²) in [7, 11) is 0. The molecule has 0 atom stereocenters. The maximum Gasteiger partial charge on any atom is 0.328 e. The third-order valence-electron chi connectivity index (χ3n) is 5.56. The summed E-state index contributed by atoms with van der Waals surface area (Å²) in [5.74, 6) is -1.14. The van der Waals surface area contributed by atoms with Crippen molar-refractivity contribution in [1.82, 2.24) is 9.97 Å². The van der Waals surface area contributed by atoms with Crippen molar-refractivity contribution in [3.63, 3.8) is 0 Å². The monoisotopic (exact) mass is 466 g/mol. The number of carboxylic acid groups (broad SMARTS) is 1. The summed E-state index contributed by atoms with van der Waals surface area (Å²) in [6.07, 6.45) is 3.23. The summed E-state index contributed by atoms with van der Waals surface area (Å²) in [4.78, 5) is 33.6. The standard InChI is InChI=1S/C26H22N6O3/c33-24(10-11-25(34)35)30-18-6-8-21-20(12-18)26(28-15-27-21)31-19-7-9-22-23(13-19)32(16-29-22)14-17-4-2-1-3-5-17/h1-13,15,29H,14,16H2,(H,30,33)(H,34,35)(H,27,28,31). The molecule has 0 bridgehead atoms. The van der Waals surface area contributed by atoms with Crippen molar-refractivity contribution in [1.29, 1.82) is 0 Å². The zero-order valence-electron chi connectivity index (χ0n) is 18.6. The highest BCUT2D eigenvalue weighted by Gasteiger charge is 2.19. The zero-order valence-corrected chi connectivity index (χ0v) is 18.6. The van der Waals surface area contributed by atoms with Crippen molar-refractivity contribution in [3.05, 3.63) is 90.8 Å². The van der Waals surface area contributed by atoms with E-state index in [4.69, 9.17) is 5.11 Å². The molecule has 1 aliphatic heterocycles. The minimum Gasteiger partial charge on any atom is -0.478 e. The number of rotatable bonds is 7. The van der Waals surface area contributed by atoms with Crippen LogP contribution in [0.5, 0.6) is 0 Å². The van der Waals surface area contributed by atoms with Gasteiger partial charge in [0.15, 0.2) is 0 Å². The van der Waals surface area contributed by atoms with E-state index in [9.17, 15) is 9.59 Å². The maximum atomic E-state index is 12.0. The lowest BCUT2D eigenvalue weighted by Crippen LogP contribution is -2.21. The third-order valence-corrected chi connectivity index (χ3v) is 5.56. The van der Waals surface area contributed by atoms with Crippen LogP contribution >= 0.6 is 0 Å². The van der Waals surface area contributed by atoms with Crippen LogP contribution in [0.2, 0.25) is 0 Å². The van der Waals surface area contributed by atoms with Gasteiger partial charge in [0.2, 0.25) is 5.91 Å². The molecule has 9 heteroatoms. The molecule has 2 heterocycles. The Balaban J connectivity index is 1.39. The summed E-state index contributed by atoms with van der Waals surface area (Å²) in [6.45, 7) is 1.52. The van der Waals surface area contributed by atoms with Crippen molar-refractivity contribution in [2.24, 2.45) is 0 Å². The normalized spacial score (nSPS) is 12.4. The van der Waals surface area contributed by atoms with E-state index in [0.717, 1.165) is 42.4 Å². The number of anilines is 5. The van der Waals surface area contributed by atoms with E-state index in [1.807, 2.05) is 30.3 Å². The number of nitrogens with zero attached hydrogens (tertiary/aromatic N) is 3. The first-order valence-electron chi connectivity index (χ1n) is 11.0. The average Bonchev–Trinajstić information content (AvgIpc) is 3.25. The number of carboxylic acids is 1. The van der Waals surface area contributed by atoms with E-state index in [1.54, 1.807) is 18.2 Å². The third kappa shape index (κ3) is 5.03. The van der Waals surface area contributed by atoms with Crippen molar-refractivity contribution in [2.45, 2.75) is 6.54 Å². The minimum atomic E-state index is -1.19. The van der Waals surface area contributed by atoms with E-state index in [-0.39, 0.29) is 0 Å². The number of carbonyl (C=O) groups excluding carboxylic acids is 1. The van der Waals surface area contributed by atoms with Crippen molar-refractivity contribution >= 4 is 51.3 Å². The van der Waals surface area contributed by atoms with Crippen LogP contribution in [0.25, 0.3) is 10.9 Å². The molecule has 0 unspecified atom stereocenters. The molecule has 0 saturated carbocycles. The summed E-state index contributed by atoms with van der Waals surface area (Å²) >= 11 is 0. The molecule has 3 aromatic carbocycles. The molecule has 0 radical (unpaired) electrons. The number of nitrogens with one attached hydrogen (secondary N) is 3. The number of aliphatic carboxylic acids is 1. The van der Waals surface area contributed by atoms with Gasteiger partial charge in [0.25, 0.3) is 0 Å².